The molecule has 0 amide bonds. The van der Waals surface area contributed by atoms with Crippen LogP contribution in [0.2, 0.25) is 0 Å². The minimum atomic E-state index is -0.901. The van der Waals surface area contributed by atoms with E-state index in [1.165, 1.54) is 25.7 Å². The molecule has 1 aromatic carbocycles. The highest BCUT2D eigenvalue weighted by atomic mass is 79.9. The third kappa shape index (κ3) is 3.65. The van der Waals surface area contributed by atoms with Crippen molar-refractivity contribution in [3.63, 3.8) is 0 Å². The van der Waals surface area contributed by atoms with Crippen LogP contribution in [-0.2, 0) is 10.8 Å². The Balaban J connectivity index is 1.98. The zero-order chi connectivity index (χ0) is 13.0. The summed E-state index contributed by atoms with van der Waals surface area (Å²) in [6.45, 7) is 0. The molecule has 100 valence electrons. The second-order valence-corrected chi connectivity index (χ2v) is 7.32. The van der Waals surface area contributed by atoms with E-state index in [1.807, 2.05) is 31.3 Å². The third-order valence-corrected chi connectivity index (χ3v) is 5.74. The quantitative estimate of drug-likeness (QED) is 0.897. The van der Waals surface area contributed by atoms with Crippen LogP contribution in [-0.4, -0.2) is 23.1 Å². The van der Waals surface area contributed by atoms with Crippen LogP contribution >= 0.6 is 15.9 Å². The number of benzene rings is 1. The maximum atomic E-state index is 12.3. The van der Waals surface area contributed by atoms with Crippen LogP contribution in [0, 0.1) is 5.92 Å². The molecule has 1 saturated carbocycles. The second kappa shape index (κ2) is 6.83. The maximum absolute atomic E-state index is 12.3. The lowest BCUT2D eigenvalue weighted by Gasteiger charge is -2.22. The Hall–Kier alpha value is -0.190. The first-order valence-electron chi connectivity index (χ1n) is 6.52. The lowest BCUT2D eigenvalue weighted by atomic mass is 10.0. The van der Waals surface area contributed by atoms with Crippen molar-refractivity contribution >= 4 is 26.7 Å². The van der Waals surface area contributed by atoms with Gasteiger partial charge >= 0.3 is 0 Å². The van der Waals surface area contributed by atoms with Gasteiger partial charge in [0.05, 0.1) is 10.8 Å². The van der Waals surface area contributed by atoms with Crippen molar-refractivity contribution < 1.29 is 4.21 Å². The van der Waals surface area contributed by atoms with Gasteiger partial charge in [-0.1, -0.05) is 28.8 Å². The number of rotatable bonds is 5. The molecule has 2 unspecified atom stereocenters. The van der Waals surface area contributed by atoms with E-state index in [1.54, 1.807) is 0 Å². The van der Waals surface area contributed by atoms with Crippen molar-refractivity contribution in [3.05, 3.63) is 28.7 Å². The van der Waals surface area contributed by atoms with Gasteiger partial charge in [-0.3, -0.25) is 4.21 Å². The van der Waals surface area contributed by atoms with Gasteiger partial charge in [0, 0.05) is 21.2 Å². The van der Waals surface area contributed by atoms with Crippen LogP contribution in [0.15, 0.2) is 33.6 Å². The molecule has 0 radical (unpaired) electrons. The van der Waals surface area contributed by atoms with Crippen LogP contribution < -0.4 is 5.32 Å². The van der Waals surface area contributed by atoms with Gasteiger partial charge in [-0.05, 0) is 50.1 Å². The van der Waals surface area contributed by atoms with Gasteiger partial charge in [0.1, 0.15) is 0 Å². The lowest BCUT2D eigenvalue weighted by Crippen LogP contribution is -2.37. The molecule has 1 aromatic rings. The van der Waals surface area contributed by atoms with Gasteiger partial charge in [0.15, 0.2) is 0 Å². The molecule has 1 N–H and O–H groups in total. The summed E-state index contributed by atoms with van der Waals surface area (Å²) >= 11 is 3.40. The molecule has 0 bridgehead atoms. The molecule has 0 aliphatic heterocycles. The molecule has 2 nitrogen and oxygen atoms in total. The highest BCUT2D eigenvalue weighted by Gasteiger charge is 2.25. The number of halogens is 1. The smallest absolute Gasteiger partial charge is 0.0545 e. The van der Waals surface area contributed by atoms with Crippen LogP contribution in [0.4, 0.5) is 0 Å². The number of hydrogen-bond acceptors (Lipinski definition) is 2. The van der Waals surface area contributed by atoms with E-state index in [0.717, 1.165) is 15.1 Å². The zero-order valence-electron chi connectivity index (χ0n) is 10.7. The predicted molar refractivity (Wildman–Crippen MR) is 80.2 cm³/mol. The van der Waals surface area contributed by atoms with Crippen LogP contribution in [0.5, 0.6) is 0 Å². The van der Waals surface area contributed by atoms with E-state index in [0.29, 0.717) is 12.0 Å². The van der Waals surface area contributed by atoms with E-state index < -0.39 is 10.8 Å². The Morgan fingerprint density at radius 2 is 1.94 bits per heavy atom. The first-order chi connectivity index (χ1) is 8.70. The topological polar surface area (TPSA) is 29.1 Å². The Bertz CT molecular complexity index is 401. The summed E-state index contributed by atoms with van der Waals surface area (Å²) in [5.41, 5.74) is 0. The molecule has 2 rings (SSSR count). The van der Waals surface area contributed by atoms with Crippen LogP contribution in [0.1, 0.15) is 25.7 Å². The average molecular weight is 330 g/mol. The third-order valence-electron chi connectivity index (χ3n) is 3.75. The fourth-order valence-corrected chi connectivity index (χ4v) is 4.32. The molecule has 18 heavy (non-hydrogen) atoms. The van der Waals surface area contributed by atoms with Crippen molar-refractivity contribution in [1.82, 2.24) is 5.32 Å². The van der Waals surface area contributed by atoms with Gasteiger partial charge in [0.25, 0.3) is 0 Å². The van der Waals surface area contributed by atoms with Crippen molar-refractivity contribution in [2.75, 3.05) is 12.8 Å². The van der Waals surface area contributed by atoms with Gasteiger partial charge in [-0.2, -0.15) is 0 Å². The molecule has 0 saturated heterocycles. The van der Waals surface area contributed by atoms with Gasteiger partial charge in [-0.15, -0.1) is 0 Å². The average Bonchev–Trinajstić information content (AvgIpc) is 2.90. The fraction of sp³-hybridized carbons (Fsp3) is 0.571. The second-order valence-electron chi connectivity index (χ2n) is 4.91. The van der Waals surface area contributed by atoms with E-state index in [9.17, 15) is 4.21 Å². The molecular weight excluding hydrogens is 310 g/mol. The Labute approximate surface area is 120 Å². The largest absolute Gasteiger partial charge is 0.316 e. The van der Waals surface area contributed by atoms with E-state index >= 15 is 0 Å². The summed E-state index contributed by atoms with van der Waals surface area (Å²) < 4.78 is 13.4. The maximum Gasteiger partial charge on any atom is 0.0545 e. The van der Waals surface area contributed by atoms with Gasteiger partial charge in [0.2, 0.25) is 0 Å². The SMILES string of the molecule is CNC(CS(=O)c1ccc(Br)cc1)C1CCCC1. The number of nitrogens with one attached hydrogen (secondary N) is 1. The van der Waals surface area contributed by atoms with Crippen molar-refractivity contribution in [1.29, 1.82) is 0 Å². The van der Waals surface area contributed by atoms with Crippen molar-refractivity contribution in [2.45, 2.75) is 36.6 Å². The zero-order valence-corrected chi connectivity index (χ0v) is 13.1. The van der Waals surface area contributed by atoms with E-state index in [2.05, 4.69) is 21.2 Å². The molecule has 1 aliphatic rings. The minimum Gasteiger partial charge on any atom is -0.316 e. The minimum absolute atomic E-state index is 0.386. The van der Waals surface area contributed by atoms with Crippen molar-refractivity contribution in [3.8, 4) is 0 Å². The molecule has 4 heteroatoms. The molecule has 2 atom stereocenters. The van der Waals surface area contributed by atoms with E-state index in [4.69, 9.17) is 0 Å². The molecule has 0 aromatic heterocycles. The monoisotopic (exact) mass is 329 g/mol. The molecule has 1 aliphatic carbocycles. The summed E-state index contributed by atoms with van der Waals surface area (Å²) in [5.74, 6) is 1.43. The summed E-state index contributed by atoms with van der Waals surface area (Å²) in [4.78, 5) is 0.927. The summed E-state index contributed by atoms with van der Waals surface area (Å²) in [7, 11) is 1.09. The molecule has 0 heterocycles. The first-order valence-corrected chi connectivity index (χ1v) is 8.63. The fourth-order valence-electron chi connectivity index (χ4n) is 2.66. The van der Waals surface area contributed by atoms with Crippen LogP contribution in [0.3, 0.4) is 0 Å². The summed E-state index contributed by atoms with van der Waals surface area (Å²) in [5, 5.41) is 3.35. The molecule has 1 fully saturated rings. The summed E-state index contributed by atoms with van der Waals surface area (Å²) in [6, 6.07) is 8.19. The lowest BCUT2D eigenvalue weighted by molar-refractivity contribution is 0.408. The highest BCUT2D eigenvalue weighted by Crippen LogP contribution is 2.28. The van der Waals surface area contributed by atoms with Gasteiger partial charge < -0.3 is 5.32 Å². The highest BCUT2D eigenvalue weighted by molar-refractivity contribution is 9.10. The first kappa shape index (κ1) is 14.2. The predicted octanol–water partition coefficient (Wildman–Crippen LogP) is 3.33. The molecular formula is C14H20BrNOS. The normalized spacial score (nSPS) is 19.9. The van der Waals surface area contributed by atoms with Crippen LogP contribution in [0.25, 0.3) is 0 Å². The standard InChI is InChI=1S/C14H20BrNOS/c1-16-14(11-4-2-3-5-11)10-18(17)13-8-6-12(15)7-9-13/h6-9,11,14,16H,2-5,10H2,1H3. The van der Waals surface area contributed by atoms with Gasteiger partial charge in [-0.25, -0.2) is 0 Å². The number of hydrogen-bond donors (Lipinski definition) is 1. The molecule has 0 spiro atoms. The Morgan fingerprint density at radius 1 is 1.33 bits per heavy atom. The van der Waals surface area contributed by atoms with Crippen molar-refractivity contribution in [2.24, 2.45) is 5.92 Å². The Kier molecular flexibility index (Phi) is 5.39. The Morgan fingerprint density at radius 3 is 2.50 bits per heavy atom. The van der Waals surface area contributed by atoms with E-state index in [-0.39, 0.29) is 0 Å². The summed E-state index contributed by atoms with van der Waals surface area (Å²) in [6.07, 6.45) is 5.22.